The van der Waals surface area contributed by atoms with Crippen LogP contribution >= 0.6 is 0 Å². The average molecular weight is 423 g/mol. The van der Waals surface area contributed by atoms with Gasteiger partial charge in [-0.05, 0) is 63.1 Å². The van der Waals surface area contributed by atoms with Crippen molar-refractivity contribution in [3.63, 3.8) is 0 Å². The van der Waals surface area contributed by atoms with Gasteiger partial charge in [0.15, 0.2) is 11.6 Å². The summed E-state index contributed by atoms with van der Waals surface area (Å²) < 4.78 is 13.2. The highest BCUT2D eigenvalue weighted by molar-refractivity contribution is 5.64. The number of aromatic nitrogens is 4. The molecule has 1 aromatic carbocycles. The van der Waals surface area contributed by atoms with Gasteiger partial charge in [-0.25, -0.2) is 9.97 Å². The van der Waals surface area contributed by atoms with Gasteiger partial charge in [0.1, 0.15) is 0 Å². The van der Waals surface area contributed by atoms with Crippen molar-refractivity contribution in [3.05, 3.63) is 47.4 Å². The highest BCUT2D eigenvalue weighted by Gasteiger charge is 2.18. The van der Waals surface area contributed by atoms with Crippen LogP contribution in [0.3, 0.4) is 0 Å². The van der Waals surface area contributed by atoms with Crippen LogP contribution < -0.4 is 10.5 Å². The van der Waals surface area contributed by atoms with Crippen LogP contribution in [0, 0.1) is 6.92 Å². The highest BCUT2D eigenvalue weighted by Crippen LogP contribution is 2.31. The largest absolute Gasteiger partial charge is 0.433 e. The van der Waals surface area contributed by atoms with Gasteiger partial charge in [0.05, 0.1) is 43.5 Å². The first kappa shape index (κ1) is 21.3. The second-order valence-corrected chi connectivity index (χ2v) is 8.32. The van der Waals surface area contributed by atoms with Gasteiger partial charge in [0, 0.05) is 18.7 Å². The van der Waals surface area contributed by atoms with E-state index in [-0.39, 0.29) is 17.8 Å². The molecule has 3 aromatic rings. The molecule has 4 rings (SSSR count). The first-order valence-electron chi connectivity index (χ1n) is 10.6. The fourth-order valence-corrected chi connectivity index (χ4v) is 3.82. The van der Waals surface area contributed by atoms with Gasteiger partial charge in [-0.1, -0.05) is 0 Å². The number of nitrogen functional groups attached to an aromatic ring is 1. The van der Waals surface area contributed by atoms with Gasteiger partial charge in [-0.3, -0.25) is 4.68 Å². The molecule has 0 fully saturated rings. The average Bonchev–Trinajstić information content (AvgIpc) is 3.16. The minimum absolute atomic E-state index is 0.191. The second kappa shape index (κ2) is 9.03. The Balaban J connectivity index is 1.54. The molecule has 3 heterocycles. The lowest BCUT2D eigenvalue weighted by Gasteiger charge is -2.27. The lowest BCUT2D eigenvalue weighted by atomic mass is 9.92. The summed E-state index contributed by atoms with van der Waals surface area (Å²) in [6.45, 7) is 9.43. The Bertz CT molecular complexity index is 1060. The van der Waals surface area contributed by atoms with Crippen LogP contribution in [0.5, 0.6) is 11.6 Å². The van der Waals surface area contributed by atoms with E-state index >= 15 is 0 Å². The number of anilines is 1. The number of fused-ring (bicyclic) bond motifs is 1. The maximum atomic E-state index is 6.04. The molecular formula is C23H30N6O2. The zero-order valence-corrected chi connectivity index (χ0v) is 18.6. The molecule has 8 nitrogen and oxygen atoms in total. The number of hydrogen-bond acceptors (Lipinski definition) is 7. The summed E-state index contributed by atoms with van der Waals surface area (Å²) in [7, 11) is 2.15. The molecule has 2 N–H and O–H groups in total. The smallest absolute Gasteiger partial charge is 0.263 e. The van der Waals surface area contributed by atoms with Crippen molar-refractivity contribution in [2.24, 2.45) is 0 Å². The van der Waals surface area contributed by atoms with Gasteiger partial charge >= 0.3 is 0 Å². The molecule has 164 valence electrons. The molecule has 0 saturated carbocycles. The SMILES string of the molecule is Cc1cc(-c2cnc(N)c(Oc3cnn(CCOC(C)C)c3)n2)cc2c1CCN(C)C2. The zero-order chi connectivity index (χ0) is 22.0. The van der Waals surface area contributed by atoms with Crippen molar-refractivity contribution < 1.29 is 9.47 Å². The fraction of sp³-hybridized carbons (Fsp3) is 0.435. The lowest BCUT2D eigenvalue weighted by molar-refractivity contribution is 0.0709. The minimum Gasteiger partial charge on any atom is -0.433 e. The number of likely N-dealkylation sites (N-methyl/N-ethyl adjacent to an activating group) is 1. The number of rotatable bonds is 7. The van der Waals surface area contributed by atoms with Crippen molar-refractivity contribution in [2.75, 3.05) is 25.9 Å². The maximum absolute atomic E-state index is 6.04. The predicted octanol–water partition coefficient (Wildman–Crippen LogP) is 3.44. The van der Waals surface area contributed by atoms with Crippen molar-refractivity contribution in [1.82, 2.24) is 24.6 Å². The van der Waals surface area contributed by atoms with E-state index in [0.717, 1.165) is 30.8 Å². The van der Waals surface area contributed by atoms with Gasteiger partial charge in [0.25, 0.3) is 5.88 Å². The maximum Gasteiger partial charge on any atom is 0.263 e. The summed E-state index contributed by atoms with van der Waals surface area (Å²) in [6, 6.07) is 4.37. The number of ether oxygens (including phenoxy) is 2. The number of aryl methyl sites for hydroxylation is 1. The van der Waals surface area contributed by atoms with E-state index in [1.165, 1.54) is 16.7 Å². The predicted molar refractivity (Wildman–Crippen MR) is 120 cm³/mol. The van der Waals surface area contributed by atoms with E-state index in [0.29, 0.717) is 18.9 Å². The van der Waals surface area contributed by atoms with Crippen LogP contribution in [0.2, 0.25) is 0 Å². The summed E-state index contributed by atoms with van der Waals surface area (Å²) in [6.07, 6.45) is 6.41. The van der Waals surface area contributed by atoms with E-state index in [2.05, 4.69) is 46.1 Å². The molecule has 31 heavy (non-hydrogen) atoms. The highest BCUT2D eigenvalue weighted by atomic mass is 16.5. The van der Waals surface area contributed by atoms with Crippen LogP contribution in [-0.4, -0.2) is 51.0 Å². The van der Waals surface area contributed by atoms with Crippen molar-refractivity contribution >= 4 is 5.82 Å². The molecule has 1 aliphatic rings. The van der Waals surface area contributed by atoms with E-state index in [4.69, 9.17) is 15.2 Å². The van der Waals surface area contributed by atoms with Gasteiger partial charge < -0.3 is 20.1 Å². The van der Waals surface area contributed by atoms with Crippen LogP contribution in [-0.2, 0) is 24.2 Å². The molecule has 0 unspecified atom stereocenters. The summed E-state index contributed by atoms with van der Waals surface area (Å²) in [5.41, 5.74) is 11.9. The lowest BCUT2D eigenvalue weighted by Crippen LogP contribution is -2.27. The Morgan fingerprint density at radius 1 is 1.23 bits per heavy atom. The van der Waals surface area contributed by atoms with Gasteiger partial charge in [-0.15, -0.1) is 0 Å². The molecule has 0 spiro atoms. The van der Waals surface area contributed by atoms with Gasteiger partial charge in [0.2, 0.25) is 0 Å². The topological polar surface area (TPSA) is 91.3 Å². The zero-order valence-electron chi connectivity index (χ0n) is 18.6. The normalized spacial score (nSPS) is 14.1. The standard InChI is InChI=1S/C23H30N6O2/c1-15(2)30-8-7-29-14-19(11-26-29)31-23-22(24)25-12-21(27-23)17-9-16(3)20-5-6-28(4)13-18(20)10-17/h9-12,14-15H,5-8,13H2,1-4H3,(H2,24,25). The summed E-state index contributed by atoms with van der Waals surface area (Å²) in [5.74, 6) is 1.09. The molecule has 2 aromatic heterocycles. The molecule has 0 aliphatic carbocycles. The van der Waals surface area contributed by atoms with Crippen LogP contribution in [0.25, 0.3) is 11.3 Å². The van der Waals surface area contributed by atoms with E-state index in [1.807, 2.05) is 13.8 Å². The molecule has 0 amide bonds. The molecule has 0 atom stereocenters. The van der Waals surface area contributed by atoms with E-state index < -0.39 is 0 Å². The Labute approximate surface area is 183 Å². The molecule has 0 bridgehead atoms. The number of nitrogens with zero attached hydrogens (tertiary/aromatic N) is 5. The first-order chi connectivity index (χ1) is 14.9. The van der Waals surface area contributed by atoms with Crippen molar-refractivity contribution in [2.45, 2.75) is 46.4 Å². The first-order valence-corrected chi connectivity index (χ1v) is 10.6. The third-order valence-electron chi connectivity index (χ3n) is 5.41. The summed E-state index contributed by atoms with van der Waals surface area (Å²) in [5, 5.41) is 4.30. The van der Waals surface area contributed by atoms with Gasteiger partial charge in [-0.2, -0.15) is 5.10 Å². The quantitative estimate of drug-likeness (QED) is 0.624. The molecule has 1 aliphatic heterocycles. The number of benzene rings is 1. The molecule has 8 heteroatoms. The van der Waals surface area contributed by atoms with Crippen LogP contribution in [0.4, 0.5) is 5.82 Å². The minimum atomic E-state index is 0.191. The van der Waals surface area contributed by atoms with E-state index in [1.54, 1.807) is 23.3 Å². The second-order valence-electron chi connectivity index (χ2n) is 8.32. The number of nitrogens with two attached hydrogens (primary N) is 1. The van der Waals surface area contributed by atoms with Crippen LogP contribution in [0.1, 0.15) is 30.5 Å². The Kier molecular flexibility index (Phi) is 6.20. The Morgan fingerprint density at radius 2 is 2.06 bits per heavy atom. The summed E-state index contributed by atoms with van der Waals surface area (Å²) >= 11 is 0. The summed E-state index contributed by atoms with van der Waals surface area (Å²) in [4.78, 5) is 11.3. The fourth-order valence-electron chi connectivity index (χ4n) is 3.82. The monoisotopic (exact) mass is 422 g/mol. The van der Waals surface area contributed by atoms with Crippen molar-refractivity contribution in [3.8, 4) is 22.9 Å². The Hall–Kier alpha value is -2.97. The third-order valence-corrected chi connectivity index (χ3v) is 5.41. The Morgan fingerprint density at radius 3 is 2.87 bits per heavy atom. The molecule has 0 saturated heterocycles. The van der Waals surface area contributed by atoms with E-state index in [9.17, 15) is 0 Å². The molecule has 0 radical (unpaired) electrons. The van der Waals surface area contributed by atoms with Crippen molar-refractivity contribution in [1.29, 1.82) is 0 Å². The third kappa shape index (κ3) is 5.03. The van der Waals surface area contributed by atoms with Crippen LogP contribution in [0.15, 0.2) is 30.7 Å². The number of hydrogen-bond donors (Lipinski definition) is 1. The molecular weight excluding hydrogens is 392 g/mol.